The molecule has 1 aromatic heterocycles. The van der Waals surface area contributed by atoms with Crippen molar-refractivity contribution in [3.8, 4) is 11.8 Å². The van der Waals surface area contributed by atoms with Crippen molar-refractivity contribution >= 4 is 16.6 Å². The number of aryl methyl sites for hydroxylation is 2. The molecule has 2 N–H and O–H groups in total. The summed E-state index contributed by atoms with van der Waals surface area (Å²) in [7, 11) is 2.20. The van der Waals surface area contributed by atoms with Crippen molar-refractivity contribution in [1.82, 2.24) is 14.8 Å². The van der Waals surface area contributed by atoms with Crippen LogP contribution in [-0.2, 0) is 13.1 Å². The van der Waals surface area contributed by atoms with Gasteiger partial charge in [0.05, 0.1) is 12.2 Å². The Morgan fingerprint density at radius 2 is 1.91 bits per heavy atom. The van der Waals surface area contributed by atoms with Gasteiger partial charge >= 0.3 is 0 Å². The highest BCUT2D eigenvalue weighted by Gasteiger charge is 2.16. The molecule has 2 aromatic carbocycles. The zero-order chi connectivity index (χ0) is 22.5. The molecule has 5 heteroatoms. The number of fused-ring (bicyclic) bond motifs is 1. The number of hydrogen-bond donors (Lipinski definition) is 2. The number of nitrogens with one attached hydrogen (secondary N) is 2. The highest BCUT2D eigenvalue weighted by Crippen LogP contribution is 2.22. The normalized spacial score (nSPS) is 15.0. The highest BCUT2D eigenvalue weighted by molar-refractivity contribution is 5.83. The number of likely N-dealkylation sites (tertiary alicyclic amines) is 1. The lowest BCUT2D eigenvalue weighted by atomic mass is 10.0. The van der Waals surface area contributed by atoms with Crippen molar-refractivity contribution in [2.75, 3.05) is 32.0 Å². The number of halogens is 1. The molecular weight excluding hydrogens is 399 g/mol. The lowest BCUT2D eigenvalue weighted by Gasteiger charge is -2.29. The molecule has 0 atom stereocenters. The quantitative estimate of drug-likeness (QED) is 0.551. The maximum Gasteiger partial charge on any atom is 0.128 e. The molecule has 4 nitrogen and oxygen atoms in total. The highest BCUT2D eigenvalue weighted by atomic mass is 19.1. The van der Waals surface area contributed by atoms with Crippen molar-refractivity contribution in [3.63, 3.8) is 0 Å². The summed E-state index contributed by atoms with van der Waals surface area (Å²) in [6, 6.07) is 14.7. The van der Waals surface area contributed by atoms with Crippen LogP contribution in [0, 0.1) is 24.6 Å². The second kappa shape index (κ2) is 10.2. The van der Waals surface area contributed by atoms with Crippen molar-refractivity contribution in [2.45, 2.75) is 45.8 Å². The minimum absolute atomic E-state index is 0.199. The second-order valence-corrected chi connectivity index (χ2v) is 8.74. The Labute approximate surface area is 190 Å². The van der Waals surface area contributed by atoms with Crippen LogP contribution in [0.15, 0.2) is 42.5 Å². The van der Waals surface area contributed by atoms with E-state index < -0.39 is 0 Å². The summed E-state index contributed by atoms with van der Waals surface area (Å²) in [6.07, 6.45) is 2.43. The van der Waals surface area contributed by atoms with Crippen LogP contribution in [0.25, 0.3) is 10.9 Å². The Morgan fingerprint density at radius 1 is 1.09 bits per heavy atom. The topological polar surface area (TPSA) is 32.2 Å². The lowest BCUT2D eigenvalue weighted by molar-refractivity contribution is 0.234. The molecule has 1 aliphatic heterocycles. The molecule has 0 saturated carbocycles. The molecule has 0 amide bonds. The van der Waals surface area contributed by atoms with Crippen LogP contribution < -0.4 is 10.6 Å². The van der Waals surface area contributed by atoms with Crippen LogP contribution in [0.2, 0.25) is 0 Å². The number of rotatable bonds is 6. The zero-order valence-electron chi connectivity index (χ0n) is 19.3. The van der Waals surface area contributed by atoms with Gasteiger partial charge in [-0.05, 0) is 94.2 Å². The van der Waals surface area contributed by atoms with Crippen LogP contribution in [0.4, 0.5) is 10.1 Å². The second-order valence-electron chi connectivity index (χ2n) is 8.74. The number of benzene rings is 2. The number of anilines is 1. The first kappa shape index (κ1) is 22.4. The first-order valence-corrected chi connectivity index (χ1v) is 11.6. The van der Waals surface area contributed by atoms with E-state index in [9.17, 15) is 4.39 Å². The van der Waals surface area contributed by atoms with Gasteiger partial charge in [-0.15, -0.1) is 0 Å². The third kappa shape index (κ3) is 5.32. The van der Waals surface area contributed by atoms with Crippen LogP contribution >= 0.6 is 0 Å². The Kier molecular flexibility index (Phi) is 7.14. The van der Waals surface area contributed by atoms with E-state index in [4.69, 9.17) is 0 Å². The SMILES string of the molecule is CCn1c(C#CCNc2ccc(C)c(F)c2)cc2cc(CNC3CCN(C)CC3)ccc21. The van der Waals surface area contributed by atoms with E-state index in [2.05, 4.69) is 70.2 Å². The van der Waals surface area contributed by atoms with Gasteiger partial charge in [0, 0.05) is 35.7 Å². The smallest absolute Gasteiger partial charge is 0.128 e. The van der Waals surface area contributed by atoms with Crippen LogP contribution in [0.3, 0.4) is 0 Å². The molecule has 1 saturated heterocycles. The first-order chi connectivity index (χ1) is 15.5. The summed E-state index contributed by atoms with van der Waals surface area (Å²) in [5.41, 5.74) is 4.94. The van der Waals surface area contributed by atoms with Gasteiger partial charge < -0.3 is 20.1 Å². The maximum absolute atomic E-state index is 13.7. The van der Waals surface area contributed by atoms with E-state index in [1.165, 1.54) is 48.5 Å². The van der Waals surface area contributed by atoms with E-state index in [0.29, 0.717) is 18.2 Å². The molecule has 1 aliphatic rings. The number of piperidine rings is 1. The van der Waals surface area contributed by atoms with E-state index in [1.807, 2.05) is 6.07 Å². The summed E-state index contributed by atoms with van der Waals surface area (Å²) >= 11 is 0. The van der Waals surface area contributed by atoms with Gasteiger partial charge in [0.15, 0.2) is 0 Å². The Bertz CT molecular complexity index is 1130. The first-order valence-electron chi connectivity index (χ1n) is 11.6. The van der Waals surface area contributed by atoms with Gasteiger partial charge in [0.1, 0.15) is 5.82 Å². The van der Waals surface area contributed by atoms with E-state index in [-0.39, 0.29) is 5.82 Å². The monoisotopic (exact) mass is 432 g/mol. The standard InChI is InChI=1S/C27H33FN4/c1-4-32-25(6-5-13-29-24-9-7-20(2)26(28)18-24)17-22-16-21(8-10-27(22)32)19-30-23-11-14-31(3)15-12-23/h7-10,16-18,23,29-30H,4,11-15,19H2,1-3H3. The Hall–Kier alpha value is -2.81. The molecule has 168 valence electrons. The van der Waals surface area contributed by atoms with E-state index >= 15 is 0 Å². The van der Waals surface area contributed by atoms with E-state index in [1.54, 1.807) is 13.0 Å². The molecule has 32 heavy (non-hydrogen) atoms. The minimum atomic E-state index is -0.199. The molecule has 0 unspecified atom stereocenters. The van der Waals surface area contributed by atoms with E-state index in [0.717, 1.165) is 24.5 Å². The third-order valence-corrected chi connectivity index (χ3v) is 6.36. The predicted octanol–water partition coefficient (Wildman–Crippen LogP) is 4.76. The summed E-state index contributed by atoms with van der Waals surface area (Å²) in [4.78, 5) is 2.40. The number of aromatic nitrogens is 1. The molecule has 1 fully saturated rings. The molecular formula is C27H33FN4. The van der Waals surface area contributed by atoms with Crippen molar-refractivity contribution < 1.29 is 4.39 Å². The minimum Gasteiger partial charge on any atom is -0.374 e. The number of hydrogen-bond acceptors (Lipinski definition) is 3. The lowest BCUT2D eigenvalue weighted by Crippen LogP contribution is -2.40. The van der Waals surface area contributed by atoms with Gasteiger partial charge in [-0.2, -0.15) is 0 Å². The zero-order valence-corrected chi connectivity index (χ0v) is 19.3. The number of nitrogens with zero attached hydrogens (tertiary/aromatic N) is 2. The fourth-order valence-electron chi connectivity index (χ4n) is 4.33. The van der Waals surface area contributed by atoms with Gasteiger partial charge in [-0.25, -0.2) is 4.39 Å². The van der Waals surface area contributed by atoms with Crippen molar-refractivity contribution in [1.29, 1.82) is 0 Å². The molecule has 0 spiro atoms. The van der Waals surface area contributed by atoms with Crippen LogP contribution in [0.5, 0.6) is 0 Å². The molecule has 3 aromatic rings. The van der Waals surface area contributed by atoms with Crippen molar-refractivity contribution in [2.24, 2.45) is 0 Å². The fourth-order valence-corrected chi connectivity index (χ4v) is 4.33. The Balaban J connectivity index is 1.42. The molecule has 4 rings (SSSR count). The largest absolute Gasteiger partial charge is 0.374 e. The average Bonchev–Trinajstić information content (AvgIpc) is 3.15. The molecule has 0 bridgehead atoms. The molecule has 2 heterocycles. The Morgan fingerprint density at radius 3 is 2.66 bits per heavy atom. The fraction of sp³-hybridized carbons (Fsp3) is 0.407. The van der Waals surface area contributed by atoms with Gasteiger partial charge in [0.25, 0.3) is 0 Å². The molecule has 0 radical (unpaired) electrons. The summed E-state index contributed by atoms with van der Waals surface area (Å²) in [5, 5.41) is 8.14. The summed E-state index contributed by atoms with van der Waals surface area (Å²) < 4.78 is 15.9. The van der Waals surface area contributed by atoms with Crippen molar-refractivity contribution in [3.05, 3.63) is 65.1 Å². The third-order valence-electron chi connectivity index (χ3n) is 6.36. The van der Waals surface area contributed by atoms with Gasteiger partial charge in [0.2, 0.25) is 0 Å². The van der Waals surface area contributed by atoms with Gasteiger partial charge in [-0.1, -0.05) is 18.1 Å². The average molecular weight is 433 g/mol. The maximum atomic E-state index is 13.7. The predicted molar refractivity (Wildman–Crippen MR) is 131 cm³/mol. The van der Waals surface area contributed by atoms with Gasteiger partial charge in [-0.3, -0.25) is 0 Å². The summed E-state index contributed by atoms with van der Waals surface area (Å²) in [6.45, 7) is 8.50. The van der Waals surface area contributed by atoms with Crippen LogP contribution in [0.1, 0.15) is 36.6 Å². The van der Waals surface area contributed by atoms with Crippen LogP contribution in [-0.4, -0.2) is 42.2 Å². The molecule has 0 aliphatic carbocycles. The summed E-state index contributed by atoms with van der Waals surface area (Å²) in [5.74, 6) is 6.28.